The van der Waals surface area contributed by atoms with Crippen LogP contribution in [0.25, 0.3) is 0 Å². The number of benzene rings is 1. The van der Waals surface area contributed by atoms with Crippen molar-refractivity contribution in [3.63, 3.8) is 0 Å². The molecule has 1 aromatic heterocycles. The molecule has 0 spiro atoms. The smallest absolute Gasteiger partial charge is 0.264 e. The second kappa shape index (κ2) is 8.56. The van der Waals surface area contributed by atoms with Crippen molar-refractivity contribution in [1.29, 1.82) is 0 Å². The van der Waals surface area contributed by atoms with Crippen molar-refractivity contribution in [2.45, 2.75) is 19.4 Å². The van der Waals surface area contributed by atoms with E-state index in [0.717, 1.165) is 11.3 Å². The van der Waals surface area contributed by atoms with Gasteiger partial charge in [-0.2, -0.15) is 13.5 Å². The maximum absolute atomic E-state index is 10.6. The van der Waals surface area contributed by atoms with Gasteiger partial charge in [0, 0.05) is 31.2 Å². The number of para-hydroxylation sites is 1. The summed E-state index contributed by atoms with van der Waals surface area (Å²) in [6, 6.07) is 13.8. The first-order valence-electron chi connectivity index (χ1n) is 7.71. The van der Waals surface area contributed by atoms with Crippen molar-refractivity contribution in [1.82, 2.24) is 0 Å². The van der Waals surface area contributed by atoms with Crippen molar-refractivity contribution in [3.8, 4) is 0 Å². The van der Waals surface area contributed by atoms with E-state index in [0.29, 0.717) is 19.4 Å². The van der Waals surface area contributed by atoms with Gasteiger partial charge in [0.1, 0.15) is 6.54 Å². The predicted molar refractivity (Wildman–Crippen MR) is 94.7 cm³/mol. The highest BCUT2D eigenvalue weighted by atomic mass is 32.2. The number of unbranched alkanes of at least 4 members (excludes halogenated alkanes) is 1. The molecule has 128 valence electrons. The van der Waals surface area contributed by atoms with Crippen molar-refractivity contribution in [2.24, 2.45) is 5.10 Å². The third-order valence-corrected chi connectivity index (χ3v) is 4.30. The minimum atomic E-state index is -3.86. The van der Waals surface area contributed by atoms with Crippen LogP contribution < -0.4 is 9.58 Å². The summed E-state index contributed by atoms with van der Waals surface area (Å²) in [5.74, 6) is -0.190. The molecule has 0 saturated carbocycles. The minimum absolute atomic E-state index is 0.190. The van der Waals surface area contributed by atoms with E-state index in [1.807, 2.05) is 66.5 Å². The van der Waals surface area contributed by atoms with Gasteiger partial charge in [0.15, 0.2) is 12.4 Å². The fourth-order valence-electron chi connectivity index (χ4n) is 2.15. The van der Waals surface area contributed by atoms with Crippen LogP contribution in [-0.2, 0) is 16.7 Å². The van der Waals surface area contributed by atoms with Gasteiger partial charge in [-0.25, -0.2) is 4.57 Å². The molecule has 2 aromatic rings. The fourth-order valence-corrected chi connectivity index (χ4v) is 2.72. The number of hydrogen-bond acceptors (Lipinski definition) is 4. The molecule has 1 heterocycles. The maximum atomic E-state index is 10.6. The zero-order valence-electron chi connectivity index (χ0n) is 13.6. The number of aromatic nitrogens is 1. The lowest BCUT2D eigenvalue weighted by atomic mass is 10.3. The molecule has 7 heteroatoms. The standard InChI is InChI=1S/C17H21N3O3S/c1-19(17-7-3-2-4-8-17)18-15-16-9-12-20(13-10-16)11-5-6-14-24(21,22)23/h2-4,7-10,12-13,15H,5-6,11,14H2,1H3/p+1. The summed E-state index contributed by atoms with van der Waals surface area (Å²) in [4.78, 5) is 0. The number of anilines is 1. The largest absolute Gasteiger partial charge is 0.286 e. The second-order valence-corrected chi connectivity index (χ2v) is 7.04. The van der Waals surface area contributed by atoms with Crippen LogP contribution in [0, 0.1) is 0 Å². The number of rotatable bonds is 8. The molecule has 0 amide bonds. The van der Waals surface area contributed by atoms with Crippen LogP contribution in [0.5, 0.6) is 0 Å². The Hall–Kier alpha value is -2.25. The van der Waals surface area contributed by atoms with Gasteiger partial charge >= 0.3 is 0 Å². The molecular formula is C17H22N3O3S+. The quantitative estimate of drug-likeness (QED) is 0.261. The molecule has 0 atom stereocenters. The van der Waals surface area contributed by atoms with Crippen LogP contribution in [0.15, 0.2) is 60.0 Å². The van der Waals surface area contributed by atoms with Crippen LogP contribution >= 0.6 is 0 Å². The Balaban J connectivity index is 1.84. The summed E-state index contributed by atoms with van der Waals surface area (Å²) >= 11 is 0. The summed E-state index contributed by atoms with van der Waals surface area (Å²) in [6.07, 6.45) is 6.77. The van der Waals surface area contributed by atoms with Gasteiger partial charge in [0.05, 0.1) is 17.7 Å². The van der Waals surface area contributed by atoms with E-state index in [4.69, 9.17) is 4.55 Å². The van der Waals surface area contributed by atoms with E-state index >= 15 is 0 Å². The highest BCUT2D eigenvalue weighted by Crippen LogP contribution is 2.10. The molecule has 24 heavy (non-hydrogen) atoms. The van der Waals surface area contributed by atoms with Gasteiger partial charge in [-0.3, -0.25) is 9.56 Å². The number of hydrazone groups is 1. The van der Waals surface area contributed by atoms with Crippen LogP contribution in [0.4, 0.5) is 5.69 Å². The first kappa shape index (κ1) is 18.1. The second-order valence-electron chi connectivity index (χ2n) is 5.47. The average Bonchev–Trinajstić information content (AvgIpc) is 2.57. The highest BCUT2D eigenvalue weighted by molar-refractivity contribution is 7.85. The molecule has 0 fully saturated rings. The first-order valence-corrected chi connectivity index (χ1v) is 9.32. The first-order chi connectivity index (χ1) is 11.4. The third-order valence-electron chi connectivity index (χ3n) is 3.50. The van der Waals surface area contributed by atoms with Gasteiger partial charge < -0.3 is 0 Å². The van der Waals surface area contributed by atoms with Gasteiger partial charge in [0.25, 0.3) is 10.1 Å². The summed E-state index contributed by atoms with van der Waals surface area (Å²) in [5.41, 5.74) is 1.99. The third kappa shape index (κ3) is 6.47. The average molecular weight is 348 g/mol. The van der Waals surface area contributed by atoms with E-state index in [2.05, 4.69) is 5.10 Å². The molecule has 0 aliphatic heterocycles. The Morgan fingerprint density at radius 3 is 2.42 bits per heavy atom. The minimum Gasteiger partial charge on any atom is -0.286 e. The van der Waals surface area contributed by atoms with E-state index in [-0.39, 0.29) is 5.75 Å². The highest BCUT2D eigenvalue weighted by Gasteiger charge is 2.06. The SMILES string of the molecule is CN(/N=C/c1cc[n+](CCCCS(=O)(=O)O)cc1)c1ccccc1. The zero-order valence-corrected chi connectivity index (χ0v) is 14.4. The monoisotopic (exact) mass is 348 g/mol. The molecule has 1 aromatic carbocycles. The Morgan fingerprint density at radius 1 is 1.12 bits per heavy atom. The summed E-state index contributed by atoms with van der Waals surface area (Å²) in [5, 5.41) is 6.20. The molecule has 0 unspecified atom stereocenters. The number of nitrogens with zero attached hydrogens (tertiary/aromatic N) is 3. The number of aryl methyl sites for hydroxylation is 1. The van der Waals surface area contributed by atoms with Crippen molar-refractivity contribution >= 4 is 22.0 Å². The summed E-state index contributed by atoms with van der Waals surface area (Å²) in [6.45, 7) is 0.705. The van der Waals surface area contributed by atoms with E-state index in [9.17, 15) is 8.42 Å². The molecular weight excluding hydrogens is 326 g/mol. The van der Waals surface area contributed by atoms with E-state index in [1.165, 1.54) is 0 Å². The van der Waals surface area contributed by atoms with Crippen LogP contribution in [0.3, 0.4) is 0 Å². The van der Waals surface area contributed by atoms with Crippen molar-refractivity contribution in [2.75, 3.05) is 17.8 Å². The molecule has 0 aliphatic rings. The fraction of sp³-hybridized carbons (Fsp3) is 0.294. The van der Waals surface area contributed by atoms with E-state index < -0.39 is 10.1 Å². The molecule has 2 rings (SSSR count). The van der Waals surface area contributed by atoms with Gasteiger partial charge in [-0.15, -0.1) is 0 Å². The molecule has 6 nitrogen and oxygen atoms in total. The van der Waals surface area contributed by atoms with Gasteiger partial charge in [-0.1, -0.05) is 18.2 Å². The van der Waals surface area contributed by atoms with Gasteiger partial charge in [-0.05, 0) is 18.6 Å². The predicted octanol–water partition coefficient (Wildman–Crippen LogP) is 2.11. The Bertz CT molecular complexity index is 759. The maximum Gasteiger partial charge on any atom is 0.264 e. The summed E-state index contributed by atoms with van der Waals surface area (Å²) < 4.78 is 32.0. The lowest BCUT2D eigenvalue weighted by Crippen LogP contribution is -2.32. The molecule has 0 saturated heterocycles. The molecule has 0 aliphatic carbocycles. The lowest BCUT2D eigenvalue weighted by Gasteiger charge is -2.11. The molecule has 1 N–H and O–H groups in total. The van der Waals surface area contributed by atoms with Crippen LogP contribution in [0.1, 0.15) is 18.4 Å². The normalized spacial score (nSPS) is 11.8. The van der Waals surface area contributed by atoms with Crippen LogP contribution in [-0.4, -0.2) is 32.0 Å². The summed E-state index contributed by atoms with van der Waals surface area (Å²) in [7, 11) is -1.96. The Labute approximate surface area is 142 Å². The number of hydrogen-bond donors (Lipinski definition) is 1. The van der Waals surface area contributed by atoms with E-state index in [1.54, 1.807) is 11.2 Å². The number of pyridine rings is 1. The topological polar surface area (TPSA) is 73.8 Å². The zero-order chi connectivity index (χ0) is 17.4. The Kier molecular flexibility index (Phi) is 6.45. The Morgan fingerprint density at radius 2 is 1.79 bits per heavy atom. The van der Waals surface area contributed by atoms with Crippen molar-refractivity contribution in [3.05, 3.63) is 60.4 Å². The molecule has 0 radical (unpaired) electrons. The van der Waals surface area contributed by atoms with Crippen LogP contribution in [0.2, 0.25) is 0 Å². The lowest BCUT2D eigenvalue weighted by molar-refractivity contribution is -0.697. The van der Waals surface area contributed by atoms with Crippen molar-refractivity contribution < 1.29 is 17.5 Å². The molecule has 0 bridgehead atoms. The van der Waals surface area contributed by atoms with Gasteiger partial charge in [0.2, 0.25) is 0 Å².